The summed E-state index contributed by atoms with van der Waals surface area (Å²) < 4.78 is 1.85. The zero-order chi connectivity index (χ0) is 15.4. The summed E-state index contributed by atoms with van der Waals surface area (Å²) in [5.41, 5.74) is 1.62. The lowest BCUT2D eigenvalue weighted by Gasteiger charge is -2.06. The Hall–Kier alpha value is -2.76. The number of allylic oxidation sites excluding steroid dienone is 3. The normalized spacial score (nSPS) is 14.8. The second-order valence-electron chi connectivity index (χ2n) is 5.13. The maximum absolute atomic E-state index is 11.8. The molecule has 0 radical (unpaired) electrons. The number of tetrazole rings is 1. The molecule has 112 valence electrons. The third-order valence-electron chi connectivity index (χ3n) is 3.33. The molecular formula is C16H17N5O. The van der Waals surface area contributed by atoms with Gasteiger partial charge in [0.2, 0.25) is 5.91 Å². The van der Waals surface area contributed by atoms with Crippen molar-refractivity contribution >= 4 is 11.6 Å². The molecule has 1 aliphatic rings. The van der Waals surface area contributed by atoms with Crippen molar-refractivity contribution in [3.05, 3.63) is 48.6 Å². The summed E-state index contributed by atoms with van der Waals surface area (Å²) >= 11 is 0. The predicted molar refractivity (Wildman–Crippen MR) is 84.1 cm³/mol. The Bertz CT molecular complexity index is 728. The molecule has 1 heterocycles. The summed E-state index contributed by atoms with van der Waals surface area (Å²) in [6, 6.07) is 7.96. The minimum atomic E-state index is -0.169. The van der Waals surface area contributed by atoms with Crippen LogP contribution in [-0.2, 0) is 4.79 Å². The summed E-state index contributed by atoms with van der Waals surface area (Å²) in [7, 11) is 0. The molecule has 0 unspecified atom stereocenters. The van der Waals surface area contributed by atoms with Gasteiger partial charge in [-0.15, -0.1) is 5.10 Å². The summed E-state index contributed by atoms with van der Waals surface area (Å²) in [4.78, 5) is 11.8. The fraction of sp³-hybridized carbons (Fsp3) is 0.250. The van der Waals surface area contributed by atoms with Crippen LogP contribution in [0.1, 0.15) is 25.8 Å². The van der Waals surface area contributed by atoms with Gasteiger partial charge in [0, 0.05) is 17.3 Å². The molecule has 1 amide bonds. The van der Waals surface area contributed by atoms with Gasteiger partial charge in [-0.2, -0.15) is 0 Å². The van der Waals surface area contributed by atoms with Crippen molar-refractivity contribution in [2.75, 3.05) is 5.32 Å². The zero-order valence-electron chi connectivity index (χ0n) is 12.3. The van der Waals surface area contributed by atoms with E-state index in [9.17, 15) is 4.79 Å². The Morgan fingerprint density at radius 1 is 1.36 bits per heavy atom. The molecule has 1 aliphatic carbocycles. The predicted octanol–water partition coefficient (Wildman–Crippen LogP) is 2.75. The van der Waals surface area contributed by atoms with Crippen molar-refractivity contribution in [1.82, 2.24) is 20.2 Å². The SMILES string of the molecule is C/C=C/C=C/C(=O)Nc1cccc(-c2nnnn2C2CC2)c1. The van der Waals surface area contributed by atoms with Crippen LogP contribution < -0.4 is 5.32 Å². The number of carbonyl (C=O) groups excluding carboxylic acids is 1. The highest BCUT2D eigenvalue weighted by Crippen LogP contribution is 2.36. The van der Waals surface area contributed by atoms with E-state index < -0.39 is 0 Å². The van der Waals surface area contributed by atoms with Crippen molar-refractivity contribution in [1.29, 1.82) is 0 Å². The van der Waals surface area contributed by atoms with E-state index in [0.717, 1.165) is 29.9 Å². The van der Waals surface area contributed by atoms with Gasteiger partial charge in [-0.3, -0.25) is 4.79 Å². The molecule has 1 N–H and O–H groups in total. The van der Waals surface area contributed by atoms with Gasteiger partial charge in [0.1, 0.15) is 0 Å². The second kappa shape index (κ2) is 6.34. The van der Waals surface area contributed by atoms with E-state index in [1.807, 2.05) is 41.9 Å². The average Bonchev–Trinajstić information content (AvgIpc) is 3.25. The molecule has 1 aromatic heterocycles. The topological polar surface area (TPSA) is 72.7 Å². The third-order valence-corrected chi connectivity index (χ3v) is 3.33. The summed E-state index contributed by atoms with van der Waals surface area (Å²) in [6.07, 6.45) is 9.09. The van der Waals surface area contributed by atoms with Crippen molar-refractivity contribution in [3.8, 4) is 11.4 Å². The number of nitrogens with zero attached hydrogens (tertiary/aromatic N) is 4. The Labute approximate surface area is 128 Å². The molecule has 22 heavy (non-hydrogen) atoms. The molecule has 0 spiro atoms. The fourth-order valence-corrected chi connectivity index (χ4v) is 2.12. The molecular weight excluding hydrogens is 278 g/mol. The number of anilines is 1. The average molecular weight is 295 g/mol. The van der Waals surface area contributed by atoms with Gasteiger partial charge in [0.25, 0.3) is 0 Å². The summed E-state index contributed by atoms with van der Waals surface area (Å²) in [6.45, 7) is 1.90. The van der Waals surface area contributed by atoms with Crippen LogP contribution in [0.25, 0.3) is 11.4 Å². The highest BCUT2D eigenvalue weighted by molar-refractivity contribution is 5.99. The highest BCUT2D eigenvalue weighted by Gasteiger charge is 2.28. The number of carbonyl (C=O) groups is 1. The van der Waals surface area contributed by atoms with Crippen molar-refractivity contribution in [2.45, 2.75) is 25.8 Å². The minimum absolute atomic E-state index is 0.169. The number of hydrogen-bond acceptors (Lipinski definition) is 4. The van der Waals surface area contributed by atoms with Gasteiger partial charge in [-0.05, 0) is 42.3 Å². The highest BCUT2D eigenvalue weighted by atomic mass is 16.1. The standard InChI is InChI=1S/C16H17N5O/c1-2-3-4-8-15(22)17-13-7-5-6-12(11-13)16-18-19-20-21(16)14-9-10-14/h2-8,11,14H,9-10H2,1H3,(H,17,22)/b3-2+,8-4+. The van der Waals surface area contributed by atoms with Gasteiger partial charge >= 0.3 is 0 Å². The molecule has 6 heteroatoms. The molecule has 1 saturated carbocycles. The summed E-state index contributed by atoms with van der Waals surface area (Å²) in [5, 5.41) is 14.7. The van der Waals surface area contributed by atoms with E-state index in [-0.39, 0.29) is 5.91 Å². The van der Waals surface area contributed by atoms with Crippen molar-refractivity contribution < 1.29 is 4.79 Å². The third kappa shape index (κ3) is 3.28. The van der Waals surface area contributed by atoms with Crippen LogP contribution in [0.3, 0.4) is 0 Å². The molecule has 6 nitrogen and oxygen atoms in total. The Balaban J connectivity index is 1.77. The number of rotatable bonds is 5. The van der Waals surface area contributed by atoms with Gasteiger partial charge in [0.05, 0.1) is 6.04 Å². The first kappa shape index (κ1) is 14.2. The number of benzene rings is 1. The van der Waals surface area contributed by atoms with Crippen molar-refractivity contribution in [3.63, 3.8) is 0 Å². The number of hydrogen-bond donors (Lipinski definition) is 1. The monoisotopic (exact) mass is 295 g/mol. The fourth-order valence-electron chi connectivity index (χ4n) is 2.12. The van der Waals surface area contributed by atoms with Gasteiger partial charge in [-0.1, -0.05) is 30.4 Å². The molecule has 2 aromatic rings. The Morgan fingerprint density at radius 2 is 2.23 bits per heavy atom. The van der Waals surface area contributed by atoms with Crippen LogP contribution >= 0.6 is 0 Å². The quantitative estimate of drug-likeness (QED) is 0.680. The number of aromatic nitrogens is 4. The van der Waals surface area contributed by atoms with Crippen molar-refractivity contribution in [2.24, 2.45) is 0 Å². The second-order valence-corrected chi connectivity index (χ2v) is 5.13. The molecule has 1 aromatic carbocycles. The first-order valence-corrected chi connectivity index (χ1v) is 7.26. The van der Waals surface area contributed by atoms with E-state index >= 15 is 0 Å². The maximum Gasteiger partial charge on any atom is 0.248 e. The van der Waals surface area contributed by atoms with Gasteiger partial charge in [-0.25, -0.2) is 4.68 Å². The lowest BCUT2D eigenvalue weighted by Crippen LogP contribution is -2.08. The maximum atomic E-state index is 11.8. The molecule has 0 saturated heterocycles. The molecule has 0 bridgehead atoms. The van der Waals surface area contributed by atoms with Crippen LogP contribution in [-0.4, -0.2) is 26.1 Å². The minimum Gasteiger partial charge on any atom is -0.322 e. The number of amides is 1. The summed E-state index contributed by atoms with van der Waals surface area (Å²) in [5.74, 6) is 0.570. The van der Waals surface area contributed by atoms with Crippen LogP contribution in [0.5, 0.6) is 0 Å². The lowest BCUT2D eigenvalue weighted by atomic mass is 10.2. The Morgan fingerprint density at radius 3 is 3.00 bits per heavy atom. The van der Waals surface area contributed by atoms with Crippen LogP contribution in [0.4, 0.5) is 5.69 Å². The van der Waals surface area contributed by atoms with E-state index in [2.05, 4.69) is 20.8 Å². The number of nitrogens with one attached hydrogen (secondary N) is 1. The molecule has 1 fully saturated rings. The first-order chi connectivity index (χ1) is 10.8. The molecule has 3 rings (SSSR count). The van der Waals surface area contributed by atoms with E-state index in [4.69, 9.17) is 0 Å². The van der Waals surface area contributed by atoms with E-state index in [1.165, 1.54) is 6.08 Å². The first-order valence-electron chi connectivity index (χ1n) is 7.26. The van der Waals surface area contributed by atoms with E-state index in [0.29, 0.717) is 6.04 Å². The Kier molecular flexibility index (Phi) is 4.09. The van der Waals surface area contributed by atoms with Crippen LogP contribution in [0.15, 0.2) is 48.6 Å². The van der Waals surface area contributed by atoms with Gasteiger partial charge in [0.15, 0.2) is 5.82 Å². The smallest absolute Gasteiger partial charge is 0.248 e. The van der Waals surface area contributed by atoms with Crippen LogP contribution in [0.2, 0.25) is 0 Å². The molecule has 0 atom stereocenters. The van der Waals surface area contributed by atoms with E-state index in [1.54, 1.807) is 12.2 Å². The van der Waals surface area contributed by atoms with Crippen LogP contribution in [0, 0.1) is 0 Å². The zero-order valence-corrected chi connectivity index (χ0v) is 12.3. The van der Waals surface area contributed by atoms with Gasteiger partial charge < -0.3 is 5.32 Å². The largest absolute Gasteiger partial charge is 0.322 e. The lowest BCUT2D eigenvalue weighted by molar-refractivity contribution is -0.111. The molecule has 0 aliphatic heterocycles.